The molecule has 0 saturated carbocycles. The molecule has 0 saturated heterocycles. The summed E-state index contributed by atoms with van der Waals surface area (Å²) >= 11 is 0. The Kier molecular flexibility index (Phi) is 2.53. The maximum Gasteiger partial charge on any atom is 0.223 e. The van der Waals surface area contributed by atoms with E-state index < -0.39 is 0 Å². The van der Waals surface area contributed by atoms with Gasteiger partial charge in [-0.05, 0) is 12.5 Å². The van der Waals surface area contributed by atoms with Gasteiger partial charge in [0.2, 0.25) is 5.96 Å². The van der Waals surface area contributed by atoms with Crippen molar-refractivity contribution in [1.82, 2.24) is 4.98 Å². The number of nitrogens with one attached hydrogen (secondary N) is 1. The molecule has 0 fully saturated rings. The van der Waals surface area contributed by atoms with Crippen LogP contribution in [-0.2, 0) is 0 Å². The molecule has 6 heteroatoms. The van der Waals surface area contributed by atoms with Crippen molar-refractivity contribution in [2.24, 2.45) is 27.2 Å². The second-order valence-electron chi connectivity index (χ2n) is 2.53. The van der Waals surface area contributed by atoms with Crippen molar-refractivity contribution in [3.63, 3.8) is 0 Å². The van der Waals surface area contributed by atoms with Gasteiger partial charge in [-0.25, -0.2) is 4.99 Å². The molecule has 0 bridgehead atoms. The summed E-state index contributed by atoms with van der Waals surface area (Å²) in [5.41, 5.74) is 17.4. The number of nitrogens with zero attached hydrogens (tertiary/aromatic N) is 2. The molecular formula is C7H12N6. The molecule has 0 aromatic carbocycles. The van der Waals surface area contributed by atoms with Crippen LogP contribution in [0.15, 0.2) is 22.4 Å². The maximum atomic E-state index is 5.42. The Morgan fingerprint density at radius 1 is 1.31 bits per heavy atom. The third-order valence-electron chi connectivity index (χ3n) is 1.40. The van der Waals surface area contributed by atoms with Crippen molar-refractivity contribution in [2.75, 3.05) is 0 Å². The van der Waals surface area contributed by atoms with E-state index in [1.165, 1.54) is 0 Å². The van der Waals surface area contributed by atoms with Crippen LogP contribution >= 0.6 is 0 Å². The van der Waals surface area contributed by atoms with Gasteiger partial charge in [0.25, 0.3) is 0 Å². The van der Waals surface area contributed by atoms with E-state index in [2.05, 4.69) is 15.0 Å². The molecule has 1 heterocycles. The number of aryl methyl sites for hydroxylation is 1. The average Bonchev–Trinajstić information content (AvgIpc) is 2.34. The summed E-state index contributed by atoms with van der Waals surface area (Å²) in [5, 5.41) is 0. The smallest absolute Gasteiger partial charge is 0.223 e. The minimum Gasteiger partial charge on any atom is -0.370 e. The standard InChI is InChI=1S/C7H12N6/c1-4-2-11-3-5(4)12-7(10)13-6(8)9/h2-3,11H,1H3,(H6,8,9,10,12,13). The Morgan fingerprint density at radius 3 is 2.46 bits per heavy atom. The SMILES string of the molecule is Cc1c[nH]cc1N=C(N)N=C(N)N. The Bertz CT molecular complexity index is 344. The highest BCUT2D eigenvalue weighted by molar-refractivity contribution is 5.93. The first-order chi connectivity index (χ1) is 6.09. The van der Waals surface area contributed by atoms with Crippen molar-refractivity contribution in [3.05, 3.63) is 18.0 Å². The van der Waals surface area contributed by atoms with Gasteiger partial charge in [-0.2, -0.15) is 4.99 Å². The van der Waals surface area contributed by atoms with Crippen LogP contribution in [0.3, 0.4) is 0 Å². The number of aromatic nitrogens is 1. The number of hydrogen-bond acceptors (Lipinski definition) is 1. The van der Waals surface area contributed by atoms with Crippen LogP contribution < -0.4 is 17.2 Å². The van der Waals surface area contributed by atoms with E-state index >= 15 is 0 Å². The third kappa shape index (κ3) is 2.51. The van der Waals surface area contributed by atoms with Crippen molar-refractivity contribution in [2.45, 2.75) is 6.92 Å². The normalized spacial score (nSPS) is 11.3. The second-order valence-corrected chi connectivity index (χ2v) is 2.53. The lowest BCUT2D eigenvalue weighted by atomic mass is 10.3. The summed E-state index contributed by atoms with van der Waals surface area (Å²) in [6.07, 6.45) is 3.52. The predicted molar refractivity (Wildman–Crippen MR) is 52.6 cm³/mol. The predicted octanol–water partition coefficient (Wildman–Crippen LogP) is -0.457. The van der Waals surface area contributed by atoms with Crippen LogP contribution in [0.2, 0.25) is 0 Å². The Morgan fingerprint density at radius 2 is 2.00 bits per heavy atom. The minimum absolute atomic E-state index is 0.0442. The number of aliphatic imine (C=N–C) groups is 2. The second kappa shape index (κ2) is 3.61. The van der Waals surface area contributed by atoms with Crippen molar-refractivity contribution < 1.29 is 0 Å². The van der Waals surface area contributed by atoms with Gasteiger partial charge in [-0.15, -0.1) is 0 Å². The monoisotopic (exact) mass is 180 g/mol. The lowest BCUT2D eigenvalue weighted by molar-refractivity contribution is 1.36. The fraction of sp³-hybridized carbons (Fsp3) is 0.143. The van der Waals surface area contributed by atoms with Crippen LogP contribution in [0.5, 0.6) is 0 Å². The molecule has 1 aromatic heterocycles. The van der Waals surface area contributed by atoms with E-state index in [4.69, 9.17) is 17.2 Å². The van der Waals surface area contributed by atoms with Crippen molar-refractivity contribution >= 4 is 17.6 Å². The zero-order chi connectivity index (χ0) is 9.84. The van der Waals surface area contributed by atoms with Crippen LogP contribution in [0.1, 0.15) is 5.56 Å². The molecule has 0 aliphatic rings. The van der Waals surface area contributed by atoms with Crippen LogP contribution in [-0.4, -0.2) is 16.9 Å². The largest absolute Gasteiger partial charge is 0.370 e. The molecule has 6 nitrogen and oxygen atoms in total. The van der Waals surface area contributed by atoms with Crippen molar-refractivity contribution in [3.8, 4) is 0 Å². The first kappa shape index (κ1) is 9.11. The van der Waals surface area contributed by atoms with Crippen molar-refractivity contribution in [1.29, 1.82) is 0 Å². The zero-order valence-corrected chi connectivity index (χ0v) is 7.28. The Balaban J connectivity index is 2.89. The lowest BCUT2D eigenvalue weighted by Gasteiger charge is -1.93. The highest BCUT2D eigenvalue weighted by Crippen LogP contribution is 2.15. The molecule has 13 heavy (non-hydrogen) atoms. The van der Waals surface area contributed by atoms with Crippen LogP contribution in [0.25, 0.3) is 0 Å². The van der Waals surface area contributed by atoms with E-state index in [0.29, 0.717) is 0 Å². The molecule has 0 unspecified atom stereocenters. The highest BCUT2D eigenvalue weighted by Gasteiger charge is 1.96. The first-order valence-electron chi connectivity index (χ1n) is 3.67. The number of rotatable bonds is 1. The molecule has 0 aliphatic carbocycles. The molecule has 0 radical (unpaired) electrons. The molecule has 0 aliphatic heterocycles. The molecule has 7 N–H and O–H groups in total. The molecular weight excluding hydrogens is 168 g/mol. The summed E-state index contributed by atoms with van der Waals surface area (Å²) < 4.78 is 0. The van der Waals surface area contributed by atoms with Gasteiger partial charge < -0.3 is 22.2 Å². The average molecular weight is 180 g/mol. The van der Waals surface area contributed by atoms with E-state index in [0.717, 1.165) is 11.3 Å². The number of H-pyrrole nitrogens is 1. The molecule has 70 valence electrons. The quantitative estimate of drug-likeness (QED) is 0.346. The zero-order valence-electron chi connectivity index (χ0n) is 7.28. The fourth-order valence-electron chi connectivity index (χ4n) is 0.835. The van der Waals surface area contributed by atoms with Gasteiger partial charge in [0, 0.05) is 12.4 Å². The summed E-state index contributed by atoms with van der Waals surface area (Å²) in [4.78, 5) is 10.4. The van der Waals surface area contributed by atoms with Crippen LogP contribution in [0.4, 0.5) is 5.69 Å². The summed E-state index contributed by atoms with van der Waals surface area (Å²) in [7, 11) is 0. The van der Waals surface area contributed by atoms with E-state index in [1.54, 1.807) is 6.20 Å². The number of guanidine groups is 2. The van der Waals surface area contributed by atoms with Gasteiger partial charge in [-0.3, -0.25) is 0 Å². The van der Waals surface area contributed by atoms with Gasteiger partial charge in [0.05, 0.1) is 5.69 Å². The van der Waals surface area contributed by atoms with E-state index in [1.807, 2.05) is 13.1 Å². The summed E-state index contributed by atoms with van der Waals surface area (Å²) in [6, 6.07) is 0. The van der Waals surface area contributed by atoms with Gasteiger partial charge in [0.1, 0.15) is 0 Å². The fourth-order valence-corrected chi connectivity index (χ4v) is 0.835. The lowest BCUT2D eigenvalue weighted by Crippen LogP contribution is -2.26. The Labute approximate surface area is 75.5 Å². The van der Waals surface area contributed by atoms with Gasteiger partial charge in [0.15, 0.2) is 5.96 Å². The highest BCUT2D eigenvalue weighted by atomic mass is 15.1. The molecule has 1 rings (SSSR count). The topological polar surface area (TPSA) is 119 Å². The van der Waals surface area contributed by atoms with Gasteiger partial charge in [-0.1, -0.05) is 0 Å². The number of nitrogens with two attached hydrogens (primary N) is 3. The van der Waals surface area contributed by atoms with Crippen LogP contribution in [0, 0.1) is 6.92 Å². The summed E-state index contributed by atoms with van der Waals surface area (Å²) in [5.74, 6) is -0.0582. The van der Waals surface area contributed by atoms with E-state index in [-0.39, 0.29) is 11.9 Å². The maximum absolute atomic E-state index is 5.42. The Hall–Kier alpha value is -1.98. The third-order valence-corrected chi connectivity index (χ3v) is 1.40. The minimum atomic E-state index is -0.102. The first-order valence-corrected chi connectivity index (χ1v) is 3.67. The molecule has 0 atom stereocenters. The van der Waals surface area contributed by atoms with Gasteiger partial charge >= 0.3 is 0 Å². The number of aromatic amines is 1. The molecule has 0 spiro atoms. The number of hydrogen-bond donors (Lipinski definition) is 4. The summed E-state index contributed by atoms with van der Waals surface area (Å²) in [6.45, 7) is 1.90. The molecule has 1 aromatic rings. The van der Waals surface area contributed by atoms with E-state index in [9.17, 15) is 0 Å². The molecule has 0 amide bonds.